The SMILES string of the molecule is CS(=O)(=O)c1ccc(-c2ccc(O)c(F)c2)nc1. The standard InChI is InChI=1S/C12H10FNO3S/c1-18(16,17)9-3-4-11(14-7-9)8-2-5-12(15)10(13)6-8/h2-7,15H,1H3. The molecular formula is C12H10FNO3S. The molecule has 0 aliphatic rings. The highest BCUT2D eigenvalue weighted by Crippen LogP contribution is 2.23. The van der Waals surface area contributed by atoms with Gasteiger partial charge in [-0.25, -0.2) is 12.8 Å². The molecule has 0 bridgehead atoms. The van der Waals surface area contributed by atoms with Crippen LogP contribution < -0.4 is 0 Å². The number of pyridine rings is 1. The summed E-state index contributed by atoms with van der Waals surface area (Å²) in [6.45, 7) is 0. The highest BCUT2D eigenvalue weighted by molar-refractivity contribution is 7.90. The van der Waals surface area contributed by atoms with E-state index in [1.807, 2.05) is 0 Å². The summed E-state index contributed by atoms with van der Waals surface area (Å²) in [5.74, 6) is -1.19. The van der Waals surface area contributed by atoms with Crippen molar-refractivity contribution < 1.29 is 17.9 Å². The van der Waals surface area contributed by atoms with Gasteiger partial charge >= 0.3 is 0 Å². The van der Waals surface area contributed by atoms with Crippen LogP contribution in [0.2, 0.25) is 0 Å². The summed E-state index contributed by atoms with van der Waals surface area (Å²) in [5.41, 5.74) is 0.895. The van der Waals surface area contributed by atoms with Crippen LogP contribution in [0.4, 0.5) is 4.39 Å². The van der Waals surface area contributed by atoms with Crippen molar-refractivity contribution in [1.82, 2.24) is 4.98 Å². The molecular weight excluding hydrogens is 257 g/mol. The summed E-state index contributed by atoms with van der Waals surface area (Å²) in [7, 11) is -3.29. The topological polar surface area (TPSA) is 67.3 Å². The Hall–Kier alpha value is -1.95. The number of hydrogen-bond acceptors (Lipinski definition) is 4. The van der Waals surface area contributed by atoms with Crippen LogP contribution in [0.5, 0.6) is 5.75 Å². The summed E-state index contributed by atoms with van der Waals surface area (Å²) in [5, 5.41) is 9.07. The number of phenolic OH excluding ortho intramolecular Hbond substituents is 1. The molecule has 1 aromatic heterocycles. The number of aromatic hydroxyl groups is 1. The van der Waals surface area contributed by atoms with E-state index in [2.05, 4.69) is 4.98 Å². The summed E-state index contributed by atoms with van der Waals surface area (Å²) in [6, 6.07) is 6.75. The van der Waals surface area contributed by atoms with Gasteiger partial charge in [0.25, 0.3) is 0 Å². The molecule has 0 fully saturated rings. The molecule has 94 valence electrons. The molecule has 1 N–H and O–H groups in total. The zero-order chi connectivity index (χ0) is 13.3. The maximum absolute atomic E-state index is 13.2. The highest BCUT2D eigenvalue weighted by Gasteiger charge is 2.09. The normalized spacial score (nSPS) is 11.4. The number of nitrogens with zero attached hydrogens (tertiary/aromatic N) is 1. The molecule has 2 aromatic rings. The van der Waals surface area contributed by atoms with Gasteiger partial charge in [0, 0.05) is 18.0 Å². The second-order valence-corrected chi connectivity index (χ2v) is 5.83. The van der Waals surface area contributed by atoms with Gasteiger partial charge in [-0.1, -0.05) is 0 Å². The van der Waals surface area contributed by atoms with Crippen molar-refractivity contribution in [3.63, 3.8) is 0 Å². The fraction of sp³-hybridized carbons (Fsp3) is 0.0833. The fourth-order valence-corrected chi connectivity index (χ4v) is 2.00. The third-order valence-electron chi connectivity index (χ3n) is 2.41. The van der Waals surface area contributed by atoms with Crippen LogP contribution in [-0.4, -0.2) is 24.8 Å². The second-order valence-electron chi connectivity index (χ2n) is 3.82. The number of rotatable bonds is 2. The van der Waals surface area contributed by atoms with E-state index in [1.54, 1.807) is 0 Å². The Labute approximate surface area is 104 Å². The van der Waals surface area contributed by atoms with Gasteiger partial charge in [0.2, 0.25) is 0 Å². The van der Waals surface area contributed by atoms with Gasteiger partial charge in [0.05, 0.1) is 10.6 Å². The molecule has 0 saturated carbocycles. The summed E-state index contributed by atoms with van der Waals surface area (Å²) < 4.78 is 35.7. The van der Waals surface area contributed by atoms with Crippen LogP contribution in [0, 0.1) is 5.82 Å². The summed E-state index contributed by atoms with van der Waals surface area (Å²) in [4.78, 5) is 4.06. The minimum Gasteiger partial charge on any atom is -0.505 e. The van der Waals surface area contributed by atoms with E-state index in [4.69, 9.17) is 5.11 Å². The Kier molecular flexibility index (Phi) is 3.04. The van der Waals surface area contributed by atoms with Crippen molar-refractivity contribution >= 4 is 9.84 Å². The minimum absolute atomic E-state index is 0.102. The molecule has 0 amide bonds. The van der Waals surface area contributed by atoms with Gasteiger partial charge in [0.15, 0.2) is 21.4 Å². The molecule has 0 unspecified atom stereocenters. The lowest BCUT2D eigenvalue weighted by atomic mass is 10.1. The van der Waals surface area contributed by atoms with Gasteiger partial charge in [-0.15, -0.1) is 0 Å². The largest absolute Gasteiger partial charge is 0.505 e. The highest BCUT2D eigenvalue weighted by atomic mass is 32.2. The lowest BCUT2D eigenvalue weighted by Gasteiger charge is -2.03. The molecule has 4 nitrogen and oxygen atoms in total. The van der Waals surface area contributed by atoms with E-state index in [0.29, 0.717) is 11.3 Å². The van der Waals surface area contributed by atoms with E-state index in [9.17, 15) is 12.8 Å². The molecule has 1 heterocycles. The zero-order valence-electron chi connectivity index (χ0n) is 9.46. The number of sulfone groups is 1. The summed E-state index contributed by atoms with van der Waals surface area (Å²) in [6.07, 6.45) is 2.30. The first-order valence-corrected chi connectivity index (χ1v) is 6.92. The smallest absolute Gasteiger partial charge is 0.177 e. The van der Waals surface area contributed by atoms with Crippen LogP contribution in [0.1, 0.15) is 0 Å². The number of hydrogen-bond donors (Lipinski definition) is 1. The van der Waals surface area contributed by atoms with E-state index in [0.717, 1.165) is 12.3 Å². The number of aromatic nitrogens is 1. The first-order chi connectivity index (χ1) is 8.38. The second kappa shape index (κ2) is 4.38. The third kappa shape index (κ3) is 2.48. The summed E-state index contributed by atoms with van der Waals surface area (Å²) >= 11 is 0. The van der Waals surface area contributed by atoms with Crippen LogP contribution >= 0.6 is 0 Å². The zero-order valence-corrected chi connectivity index (χ0v) is 10.3. The maximum Gasteiger partial charge on any atom is 0.177 e. The van der Waals surface area contributed by atoms with Gasteiger partial charge in [-0.3, -0.25) is 4.98 Å². The molecule has 2 rings (SSSR count). The van der Waals surface area contributed by atoms with E-state index in [-0.39, 0.29) is 4.90 Å². The van der Waals surface area contributed by atoms with Gasteiger partial charge in [-0.05, 0) is 30.3 Å². The quantitative estimate of drug-likeness (QED) is 0.903. The molecule has 1 aromatic carbocycles. The van der Waals surface area contributed by atoms with Gasteiger partial charge in [-0.2, -0.15) is 0 Å². The molecule has 0 saturated heterocycles. The monoisotopic (exact) mass is 267 g/mol. The first kappa shape index (κ1) is 12.5. The van der Waals surface area contributed by atoms with Crippen molar-refractivity contribution in [2.75, 3.05) is 6.26 Å². The van der Waals surface area contributed by atoms with Crippen molar-refractivity contribution in [2.45, 2.75) is 4.90 Å². The maximum atomic E-state index is 13.2. The van der Waals surface area contributed by atoms with Gasteiger partial charge < -0.3 is 5.11 Å². The van der Waals surface area contributed by atoms with Gasteiger partial charge in [0.1, 0.15) is 0 Å². The van der Waals surface area contributed by atoms with Crippen LogP contribution in [-0.2, 0) is 9.84 Å². The van der Waals surface area contributed by atoms with E-state index >= 15 is 0 Å². The average molecular weight is 267 g/mol. The third-order valence-corrected chi connectivity index (χ3v) is 3.51. The lowest BCUT2D eigenvalue weighted by Crippen LogP contribution is -1.97. The average Bonchev–Trinajstić information content (AvgIpc) is 2.32. The molecule has 0 aliphatic heterocycles. The number of phenols is 1. The Balaban J connectivity index is 2.43. The molecule has 18 heavy (non-hydrogen) atoms. The molecule has 0 radical (unpaired) electrons. The Morgan fingerprint density at radius 1 is 1.22 bits per heavy atom. The first-order valence-electron chi connectivity index (χ1n) is 5.03. The minimum atomic E-state index is -3.29. The molecule has 0 spiro atoms. The van der Waals surface area contributed by atoms with Crippen molar-refractivity contribution in [1.29, 1.82) is 0 Å². The van der Waals surface area contributed by atoms with Crippen LogP contribution in [0.25, 0.3) is 11.3 Å². The molecule has 0 aliphatic carbocycles. The van der Waals surface area contributed by atoms with Crippen molar-refractivity contribution in [2.24, 2.45) is 0 Å². The molecule has 0 atom stereocenters. The van der Waals surface area contributed by atoms with E-state index < -0.39 is 21.4 Å². The van der Waals surface area contributed by atoms with Crippen LogP contribution in [0.15, 0.2) is 41.4 Å². The predicted octanol–water partition coefficient (Wildman–Crippen LogP) is 2.00. The van der Waals surface area contributed by atoms with Crippen LogP contribution in [0.3, 0.4) is 0 Å². The Morgan fingerprint density at radius 2 is 1.94 bits per heavy atom. The Bertz CT molecular complexity index is 681. The fourth-order valence-electron chi connectivity index (χ4n) is 1.44. The number of benzene rings is 1. The van der Waals surface area contributed by atoms with Crippen molar-refractivity contribution in [3.05, 3.63) is 42.3 Å². The number of halogens is 1. The Morgan fingerprint density at radius 3 is 2.44 bits per heavy atom. The lowest BCUT2D eigenvalue weighted by molar-refractivity contribution is 0.432. The predicted molar refractivity (Wildman–Crippen MR) is 64.4 cm³/mol. The van der Waals surface area contributed by atoms with Crippen molar-refractivity contribution in [3.8, 4) is 17.0 Å². The molecule has 6 heteroatoms. The van der Waals surface area contributed by atoms with E-state index in [1.165, 1.54) is 30.5 Å².